The first-order valence-corrected chi connectivity index (χ1v) is 7.14. The van der Waals surface area contributed by atoms with Crippen LogP contribution in [-0.4, -0.2) is 30.4 Å². The standard InChI is InChI=1S/C13H16BrFN2O/c14-7-13(18)17-12-8-16-6-5-11(12)9-1-3-10(15)4-2-9/h1-4,11-12,16H,5-8H2,(H,17,18). The Morgan fingerprint density at radius 2 is 2.17 bits per heavy atom. The van der Waals surface area contributed by atoms with E-state index in [-0.39, 0.29) is 23.7 Å². The summed E-state index contributed by atoms with van der Waals surface area (Å²) in [7, 11) is 0. The fourth-order valence-corrected chi connectivity index (χ4v) is 2.53. The number of amides is 1. The minimum atomic E-state index is -0.228. The van der Waals surface area contributed by atoms with Crippen LogP contribution in [0.25, 0.3) is 0 Å². The van der Waals surface area contributed by atoms with Gasteiger partial charge in [-0.25, -0.2) is 4.39 Å². The average molecular weight is 315 g/mol. The van der Waals surface area contributed by atoms with Crippen molar-refractivity contribution in [2.75, 3.05) is 18.4 Å². The lowest BCUT2D eigenvalue weighted by molar-refractivity contribution is -0.119. The molecule has 1 aromatic rings. The fourth-order valence-electron chi connectivity index (χ4n) is 2.36. The topological polar surface area (TPSA) is 41.1 Å². The summed E-state index contributed by atoms with van der Waals surface area (Å²) in [5.41, 5.74) is 1.08. The number of alkyl halides is 1. The van der Waals surface area contributed by atoms with Crippen LogP contribution in [0.1, 0.15) is 17.9 Å². The second kappa shape index (κ2) is 6.29. The Bertz CT molecular complexity index is 410. The van der Waals surface area contributed by atoms with Gasteiger partial charge in [0.2, 0.25) is 5.91 Å². The van der Waals surface area contributed by atoms with E-state index in [1.165, 1.54) is 12.1 Å². The Hall–Kier alpha value is -0.940. The summed E-state index contributed by atoms with van der Waals surface area (Å²) in [6, 6.07) is 6.62. The van der Waals surface area contributed by atoms with Crippen molar-refractivity contribution in [3.05, 3.63) is 35.6 Å². The maximum absolute atomic E-state index is 12.9. The highest BCUT2D eigenvalue weighted by Crippen LogP contribution is 2.25. The lowest BCUT2D eigenvalue weighted by atomic mass is 9.86. The molecule has 1 amide bonds. The van der Waals surface area contributed by atoms with Crippen LogP contribution in [0.15, 0.2) is 24.3 Å². The number of piperidine rings is 1. The van der Waals surface area contributed by atoms with Crippen molar-refractivity contribution in [3.8, 4) is 0 Å². The molecular formula is C13H16BrFN2O. The molecular weight excluding hydrogens is 299 g/mol. The molecule has 2 atom stereocenters. The van der Waals surface area contributed by atoms with E-state index >= 15 is 0 Å². The molecule has 0 aliphatic carbocycles. The van der Waals surface area contributed by atoms with E-state index in [1.54, 1.807) is 12.1 Å². The van der Waals surface area contributed by atoms with Gasteiger partial charge in [0.15, 0.2) is 0 Å². The van der Waals surface area contributed by atoms with Crippen LogP contribution in [0, 0.1) is 5.82 Å². The zero-order chi connectivity index (χ0) is 13.0. The van der Waals surface area contributed by atoms with E-state index in [2.05, 4.69) is 26.6 Å². The molecule has 1 fully saturated rings. The van der Waals surface area contributed by atoms with E-state index in [0.29, 0.717) is 5.33 Å². The van der Waals surface area contributed by atoms with Gasteiger partial charge in [0.05, 0.1) is 5.33 Å². The first-order valence-electron chi connectivity index (χ1n) is 6.02. The summed E-state index contributed by atoms with van der Waals surface area (Å²) < 4.78 is 12.9. The van der Waals surface area contributed by atoms with Crippen molar-refractivity contribution in [3.63, 3.8) is 0 Å². The number of halogens is 2. The van der Waals surface area contributed by atoms with E-state index in [0.717, 1.165) is 25.1 Å². The lowest BCUT2D eigenvalue weighted by Gasteiger charge is -2.33. The van der Waals surface area contributed by atoms with Crippen LogP contribution in [-0.2, 0) is 4.79 Å². The van der Waals surface area contributed by atoms with Gasteiger partial charge in [0.1, 0.15) is 5.82 Å². The van der Waals surface area contributed by atoms with E-state index < -0.39 is 0 Å². The van der Waals surface area contributed by atoms with Gasteiger partial charge < -0.3 is 10.6 Å². The number of rotatable bonds is 3. The van der Waals surface area contributed by atoms with E-state index in [4.69, 9.17) is 0 Å². The minimum Gasteiger partial charge on any atom is -0.351 e. The van der Waals surface area contributed by atoms with Gasteiger partial charge in [-0.1, -0.05) is 28.1 Å². The van der Waals surface area contributed by atoms with Crippen molar-refractivity contribution in [2.45, 2.75) is 18.4 Å². The minimum absolute atomic E-state index is 0.0178. The molecule has 1 aliphatic rings. The van der Waals surface area contributed by atoms with Crippen LogP contribution in [0.3, 0.4) is 0 Å². The van der Waals surface area contributed by atoms with Crippen LogP contribution >= 0.6 is 15.9 Å². The molecule has 0 bridgehead atoms. The molecule has 0 saturated carbocycles. The van der Waals surface area contributed by atoms with E-state index in [1.807, 2.05) is 0 Å². The Balaban J connectivity index is 2.12. The Morgan fingerprint density at radius 1 is 1.44 bits per heavy atom. The summed E-state index contributed by atoms with van der Waals surface area (Å²) in [5, 5.41) is 6.57. The number of benzene rings is 1. The third-order valence-corrected chi connectivity index (χ3v) is 3.76. The Kier molecular flexibility index (Phi) is 4.72. The molecule has 2 N–H and O–H groups in total. The first-order chi connectivity index (χ1) is 8.70. The zero-order valence-electron chi connectivity index (χ0n) is 9.96. The number of nitrogens with one attached hydrogen (secondary N) is 2. The highest BCUT2D eigenvalue weighted by atomic mass is 79.9. The molecule has 0 radical (unpaired) electrons. The number of hydrogen-bond acceptors (Lipinski definition) is 2. The third-order valence-electron chi connectivity index (χ3n) is 3.25. The van der Waals surface area contributed by atoms with Crippen molar-refractivity contribution in [1.82, 2.24) is 10.6 Å². The summed E-state index contributed by atoms with van der Waals surface area (Å²) in [6.45, 7) is 1.67. The molecule has 0 aromatic heterocycles. The van der Waals surface area contributed by atoms with Crippen LogP contribution in [0.4, 0.5) is 4.39 Å². The second-order valence-corrected chi connectivity index (χ2v) is 5.02. The van der Waals surface area contributed by atoms with Gasteiger partial charge in [-0.05, 0) is 30.7 Å². The molecule has 1 heterocycles. The van der Waals surface area contributed by atoms with Gasteiger partial charge in [-0.2, -0.15) is 0 Å². The average Bonchev–Trinajstić information content (AvgIpc) is 2.40. The summed E-state index contributed by atoms with van der Waals surface area (Å²) in [5.74, 6) is -0.000565. The van der Waals surface area contributed by atoms with Gasteiger partial charge in [-0.3, -0.25) is 4.79 Å². The van der Waals surface area contributed by atoms with Crippen molar-refractivity contribution < 1.29 is 9.18 Å². The zero-order valence-corrected chi connectivity index (χ0v) is 11.5. The van der Waals surface area contributed by atoms with Crippen molar-refractivity contribution in [2.24, 2.45) is 0 Å². The molecule has 18 heavy (non-hydrogen) atoms. The SMILES string of the molecule is O=C(CBr)NC1CNCCC1c1ccc(F)cc1. The number of carbonyl (C=O) groups is 1. The molecule has 2 unspecified atom stereocenters. The second-order valence-electron chi connectivity index (χ2n) is 4.46. The molecule has 5 heteroatoms. The van der Waals surface area contributed by atoms with Gasteiger partial charge >= 0.3 is 0 Å². The highest BCUT2D eigenvalue weighted by Gasteiger charge is 2.27. The molecule has 2 rings (SSSR count). The quantitative estimate of drug-likeness (QED) is 0.835. The largest absolute Gasteiger partial charge is 0.351 e. The van der Waals surface area contributed by atoms with Gasteiger partial charge in [0.25, 0.3) is 0 Å². The maximum atomic E-state index is 12.9. The lowest BCUT2D eigenvalue weighted by Crippen LogP contribution is -2.50. The summed E-state index contributed by atoms with van der Waals surface area (Å²) in [4.78, 5) is 11.5. The van der Waals surface area contributed by atoms with Crippen LogP contribution < -0.4 is 10.6 Å². The fraction of sp³-hybridized carbons (Fsp3) is 0.462. The van der Waals surface area contributed by atoms with Crippen molar-refractivity contribution >= 4 is 21.8 Å². The normalized spacial score (nSPS) is 23.7. The monoisotopic (exact) mass is 314 g/mol. The number of hydrogen-bond donors (Lipinski definition) is 2. The van der Waals surface area contributed by atoms with E-state index in [9.17, 15) is 9.18 Å². The van der Waals surface area contributed by atoms with Gasteiger partial charge in [-0.15, -0.1) is 0 Å². The highest BCUT2D eigenvalue weighted by molar-refractivity contribution is 9.09. The first kappa shape index (κ1) is 13.5. The summed E-state index contributed by atoms with van der Waals surface area (Å²) in [6.07, 6.45) is 0.943. The Morgan fingerprint density at radius 3 is 2.83 bits per heavy atom. The molecule has 98 valence electrons. The molecule has 1 aromatic carbocycles. The Labute approximate surface area is 114 Å². The van der Waals surface area contributed by atoms with Crippen LogP contribution in [0.5, 0.6) is 0 Å². The molecule has 0 spiro atoms. The molecule has 1 aliphatic heterocycles. The smallest absolute Gasteiger partial charge is 0.230 e. The van der Waals surface area contributed by atoms with Gasteiger partial charge in [0, 0.05) is 18.5 Å². The summed E-state index contributed by atoms with van der Waals surface area (Å²) >= 11 is 3.15. The van der Waals surface area contributed by atoms with Crippen molar-refractivity contribution in [1.29, 1.82) is 0 Å². The number of carbonyl (C=O) groups excluding carboxylic acids is 1. The third kappa shape index (κ3) is 3.29. The predicted molar refractivity (Wildman–Crippen MR) is 72.4 cm³/mol. The predicted octanol–water partition coefficient (Wildman–Crippen LogP) is 1.78. The molecule has 1 saturated heterocycles. The van der Waals surface area contributed by atoms with Crippen LogP contribution in [0.2, 0.25) is 0 Å². The maximum Gasteiger partial charge on any atom is 0.230 e. The molecule has 3 nitrogen and oxygen atoms in total.